The van der Waals surface area contributed by atoms with Crippen molar-refractivity contribution in [3.63, 3.8) is 0 Å². The predicted octanol–water partition coefficient (Wildman–Crippen LogP) is 2.04. The first-order valence-electron chi connectivity index (χ1n) is 4.54. The van der Waals surface area contributed by atoms with E-state index in [0.717, 1.165) is 0 Å². The van der Waals surface area contributed by atoms with Gasteiger partial charge in [-0.3, -0.25) is 4.98 Å². The summed E-state index contributed by atoms with van der Waals surface area (Å²) in [5.74, 6) is -1.31. The van der Waals surface area contributed by atoms with E-state index < -0.39 is 19.0 Å². The normalized spacial score (nSPS) is 10.6. The van der Waals surface area contributed by atoms with E-state index in [0.29, 0.717) is 5.69 Å². The smallest absolute Gasteiger partial charge is 0.341 e. The lowest BCUT2D eigenvalue weighted by molar-refractivity contribution is 0.0662. The van der Waals surface area contributed by atoms with Gasteiger partial charge in [0.05, 0.1) is 5.69 Å². The average Bonchev–Trinajstić information content (AvgIpc) is 2.12. The van der Waals surface area contributed by atoms with Crippen molar-refractivity contribution in [3.8, 4) is 5.75 Å². The van der Waals surface area contributed by atoms with Crippen LogP contribution in [0.25, 0.3) is 0 Å². The minimum absolute atomic E-state index is 0.0715. The van der Waals surface area contributed by atoms with E-state index in [1.807, 2.05) is 0 Å². The topological polar surface area (TPSA) is 59.4 Å². The molecular weight excluding hydrogens is 220 g/mol. The third-order valence-electron chi connectivity index (χ3n) is 1.87. The lowest BCUT2D eigenvalue weighted by Crippen LogP contribution is -2.12. The monoisotopic (exact) mass is 231 g/mol. The number of pyridine rings is 1. The Morgan fingerprint density at radius 1 is 1.56 bits per heavy atom. The molecule has 1 heterocycles. The van der Waals surface area contributed by atoms with E-state index in [9.17, 15) is 13.6 Å². The maximum absolute atomic E-state index is 12.0. The number of carbonyl (C=O) groups is 1. The Morgan fingerprint density at radius 2 is 2.19 bits per heavy atom. The van der Waals surface area contributed by atoms with Gasteiger partial charge in [0.2, 0.25) is 0 Å². The van der Waals surface area contributed by atoms with Crippen molar-refractivity contribution in [3.05, 3.63) is 23.0 Å². The number of aromatic carboxylic acids is 1. The number of halogens is 2. The van der Waals surface area contributed by atoms with Crippen molar-refractivity contribution >= 4 is 5.97 Å². The summed E-state index contributed by atoms with van der Waals surface area (Å²) in [5, 5.41) is 8.90. The van der Waals surface area contributed by atoms with Gasteiger partial charge in [-0.05, 0) is 13.8 Å². The fourth-order valence-electron chi connectivity index (χ4n) is 1.32. The fourth-order valence-corrected chi connectivity index (χ4v) is 1.32. The molecule has 0 fully saturated rings. The van der Waals surface area contributed by atoms with E-state index >= 15 is 0 Å². The zero-order chi connectivity index (χ0) is 12.3. The van der Waals surface area contributed by atoms with Gasteiger partial charge in [0, 0.05) is 11.8 Å². The SMILES string of the molecule is Cc1cc(OCC(F)F)c(C(=O)O)c(C)n1. The highest BCUT2D eigenvalue weighted by Crippen LogP contribution is 2.22. The van der Waals surface area contributed by atoms with Crippen LogP contribution in [0.4, 0.5) is 8.78 Å². The lowest BCUT2D eigenvalue weighted by atomic mass is 10.1. The minimum atomic E-state index is -2.64. The van der Waals surface area contributed by atoms with Gasteiger partial charge in [0.15, 0.2) is 0 Å². The molecule has 0 aromatic carbocycles. The van der Waals surface area contributed by atoms with Crippen LogP contribution in [0.2, 0.25) is 0 Å². The van der Waals surface area contributed by atoms with Gasteiger partial charge in [-0.25, -0.2) is 13.6 Å². The van der Waals surface area contributed by atoms with Crippen molar-refractivity contribution in [2.45, 2.75) is 20.3 Å². The molecule has 0 unspecified atom stereocenters. The van der Waals surface area contributed by atoms with E-state index in [1.54, 1.807) is 6.92 Å². The van der Waals surface area contributed by atoms with E-state index in [-0.39, 0.29) is 17.0 Å². The van der Waals surface area contributed by atoms with Crippen LogP contribution in [-0.4, -0.2) is 29.1 Å². The average molecular weight is 231 g/mol. The van der Waals surface area contributed by atoms with Gasteiger partial charge < -0.3 is 9.84 Å². The molecule has 0 radical (unpaired) electrons. The highest BCUT2D eigenvalue weighted by Gasteiger charge is 2.17. The largest absolute Gasteiger partial charge is 0.487 e. The van der Waals surface area contributed by atoms with Gasteiger partial charge in [-0.15, -0.1) is 0 Å². The molecule has 1 rings (SSSR count). The summed E-state index contributed by atoms with van der Waals surface area (Å²) < 4.78 is 28.7. The van der Waals surface area contributed by atoms with Crippen LogP contribution in [0.1, 0.15) is 21.7 Å². The number of nitrogens with zero attached hydrogens (tertiary/aromatic N) is 1. The molecule has 0 aliphatic rings. The van der Waals surface area contributed by atoms with Crippen LogP contribution < -0.4 is 4.74 Å². The second-order valence-electron chi connectivity index (χ2n) is 3.23. The van der Waals surface area contributed by atoms with Gasteiger partial charge in [-0.1, -0.05) is 0 Å². The first-order valence-corrected chi connectivity index (χ1v) is 4.54. The summed E-state index contributed by atoms with van der Waals surface area (Å²) in [6.07, 6.45) is -2.64. The number of carboxylic acids is 1. The molecule has 16 heavy (non-hydrogen) atoms. The van der Waals surface area contributed by atoms with Crippen LogP contribution in [0, 0.1) is 13.8 Å². The molecule has 88 valence electrons. The molecule has 0 spiro atoms. The third kappa shape index (κ3) is 2.88. The molecule has 0 aliphatic heterocycles. The molecule has 0 saturated carbocycles. The van der Waals surface area contributed by atoms with Gasteiger partial charge in [0.25, 0.3) is 6.43 Å². The van der Waals surface area contributed by atoms with Gasteiger partial charge >= 0.3 is 5.97 Å². The molecule has 1 N–H and O–H groups in total. The van der Waals surface area contributed by atoms with E-state index in [2.05, 4.69) is 4.98 Å². The Morgan fingerprint density at radius 3 is 2.69 bits per heavy atom. The summed E-state index contributed by atoms with van der Waals surface area (Å²) in [6, 6.07) is 1.33. The summed E-state index contributed by atoms with van der Waals surface area (Å²) in [7, 11) is 0. The second-order valence-corrected chi connectivity index (χ2v) is 3.23. The first-order chi connectivity index (χ1) is 7.41. The summed E-state index contributed by atoms with van der Waals surface area (Å²) >= 11 is 0. The third-order valence-corrected chi connectivity index (χ3v) is 1.87. The molecule has 1 aromatic rings. The maximum Gasteiger partial charge on any atom is 0.341 e. The number of rotatable bonds is 4. The number of alkyl halides is 2. The first kappa shape index (κ1) is 12.4. The lowest BCUT2D eigenvalue weighted by Gasteiger charge is -2.11. The molecule has 4 nitrogen and oxygen atoms in total. The maximum atomic E-state index is 12.0. The standard InChI is InChI=1S/C10H11F2NO3/c1-5-3-7(16-4-8(11)12)9(10(14)15)6(2)13-5/h3,8H,4H2,1-2H3,(H,14,15). The summed E-state index contributed by atoms with van der Waals surface area (Å²) in [4.78, 5) is 14.8. The molecular formula is C10H11F2NO3. The number of carboxylic acid groups (broad SMARTS) is 1. The summed E-state index contributed by atoms with van der Waals surface area (Å²) in [5.41, 5.74) is 0.592. The molecule has 0 aliphatic carbocycles. The molecule has 0 saturated heterocycles. The number of hydrogen-bond donors (Lipinski definition) is 1. The highest BCUT2D eigenvalue weighted by molar-refractivity contribution is 5.92. The summed E-state index contributed by atoms with van der Waals surface area (Å²) in [6.45, 7) is 2.29. The Kier molecular flexibility index (Phi) is 3.76. The Hall–Kier alpha value is -1.72. The van der Waals surface area contributed by atoms with Gasteiger partial charge in [0.1, 0.15) is 17.9 Å². The van der Waals surface area contributed by atoms with Crippen LogP contribution in [0.15, 0.2) is 6.07 Å². The zero-order valence-corrected chi connectivity index (χ0v) is 8.83. The molecule has 0 amide bonds. The Labute approximate surface area is 90.9 Å². The second kappa shape index (κ2) is 4.87. The number of hydrogen-bond acceptors (Lipinski definition) is 3. The van der Waals surface area contributed by atoms with Crippen LogP contribution in [-0.2, 0) is 0 Å². The molecule has 6 heteroatoms. The quantitative estimate of drug-likeness (QED) is 0.861. The van der Waals surface area contributed by atoms with Crippen LogP contribution in [0.3, 0.4) is 0 Å². The van der Waals surface area contributed by atoms with Crippen LogP contribution >= 0.6 is 0 Å². The van der Waals surface area contributed by atoms with Crippen molar-refractivity contribution in [2.75, 3.05) is 6.61 Å². The van der Waals surface area contributed by atoms with Crippen LogP contribution in [0.5, 0.6) is 5.75 Å². The number of aryl methyl sites for hydroxylation is 2. The zero-order valence-electron chi connectivity index (χ0n) is 8.83. The number of aromatic nitrogens is 1. The Bertz CT molecular complexity index is 407. The van der Waals surface area contributed by atoms with E-state index in [1.165, 1.54) is 13.0 Å². The van der Waals surface area contributed by atoms with Crippen molar-refractivity contribution in [1.29, 1.82) is 0 Å². The van der Waals surface area contributed by atoms with Gasteiger partial charge in [-0.2, -0.15) is 0 Å². The molecule has 0 bridgehead atoms. The number of ether oxygens (including phenoxy) is 1. The van der Waals surface area contributed by atoms with Crippen molar-refractivity contribution < 1.29 is 23.4 Å². The molecule has 0 atom stereocenters. The van der Waals surface area contributed by atoms with Crippen molar-refractivity contribution in [1.82, 2.24) is 4.98 Å². The highest BCUT2D eigenvalue weighted by atomic mass is 19.3. The Balaban J connectivity index is 3.09. The minimum Gasteiger partial charge on any atom is -0.487 e. The fraction of sp³-hybridized carbons (Fsp3) is 0.400. The van der Waals surface area contributed by atoms with Crippen molar-refractivity contribution in [2.24, 2.45) is 0 Å². The van der Waals surface area contributed by atoms with E-state index in [4.69, 9.17) is 9.84 Å². The predicted molar refractivity (Wildman–Crippen MR) is 52.2 cm³/mol. The molecule has 1 aromatic heterocycles.